The smallest absolute Gasteiger partial charge is 0.297 e. The predicted molar refractivity (Wildman–Crippen MR) is 80.7 cm³/mol. The van der Waals surface area contributed by atoms with Gasteiger partial charge >= 0.3 is 0 Å². The summed E-state index contributed by atoms with van der Waals surface area (Å²) in [6, 6.07) is 13.0. The molecule has 0 heterocycles. The third kappa shape index (κ3) is 4.04. The van der Waals surface area contributed by atoms with E-state index in [1.165, 1.54) is 12.1 Å². The fourth-order valence-electron chi connectivity index (χ4n) is 1.76. The third-order valence-corrected chi connectivity index (χ3v) is 4.60. The maximum atomic E-state index is 12.0. The van der Waals surface area contributed by atoms with Crippen molar-refractivity contribution in [2.75, 3.05) is 6.61 Å². The van der Waals surface area contributed by atoms with Crippen LogP contribution >= 0.6 is 11.6 Å². The van der Waals surface area contributed by atoms with Crippen molar-refractivity contribution in [2.24, 2.45) is 0 Å². The minimum atomic E-state index is -3.90. The molecule has 4 nitrogen and oxygen atoms in total. The fourth-order valence-corrected chi connectivity index (χ4v) is 2.94. The summed E-state index contributed by atoms with van der Waals surface area (Å²) in [6.45, 7) is 1.47. The van der Waals surface area contributed by atoms with E-state index in [0.717, 1.165) is 5.56 Å². The Hall–Kier alpha value is -1.40. The molecule has 0 radical (unpaired) electrons. The zero-order valence-electron chi connectivity index (χ0n) is 11.4. The molecule has 0 bridgehead atoms. The molecule has 2 aromatic carbocycles. The van der Waals surface area contributed by atoms with Crippen LogP contribution in [0.2, 0.25) is 5.02 Å². The second-order valence-electron chi connectivity index (χ2n) is 4.59. The molecule has 21 heavy (non-hydrogen) atoms. The molecule has 0 aliphatic rings. The van der Waals surface area contributed by atoms with Crippen LogP contribution < -0.4 is 0 Å². The van der Waals surface area contributed by atoms with Crippen LogP contribution in [-0.2, 0) is 14.3 Å². The van der Waals surface area contributed by atoms with Crippen LogP contribution in [-0.4, -0.2) is 20.1 Å². The highest BCUT2D eigenvalue weighted by Crippen LogP contribution is 2.24. The van der Waals surface area contributed by atoms with Crippen molar-refractivity contribution < 1.29 is 17.7 Å². The van der Waals surface area contributed by atoms with Gasteiger partial charge in [-0.3, -0.25) is 4.18 Å². The average molecular weight is 327 g/mol. The lowest BCUT2D eigenvalue weighted by Gasteiger charge is -2.13. The Kier molecular flexibility index (Phi) is 5.00. The molecule has 0 aliphatic heterocycles. The van der Waals surface area contributed by atoms with Crippen LogP contribution in [0.3, 0.4) is 0 Å². The molecular weight excluding hydrogens is 312 g/mol. The largest absolute Gasteiger partial charge is 0.386 e. The first kappa shape index (κ1) is 16.0. The van der Waals surface area contributed by atoms with E-state index in [0.29, 0.717) is 10.6 Å². The zero-order chi connectivity index (χ0) is 15.5. The molecule has 0 saturated carbocycles. The lowest BCUT2D eigenvalue weighted by Crippen LogP contribution is -2.13. The highest BCUT2D eigenvalue weighted by atomic mass is 35.5. The first-order valence-corrected chi connectivity index (χ1v) is 8.07. The monoisotopic (exact) mass is 326 g/mol. The van der Waals surface area contributed by atoms with E-state index < -0.39 is 16.2 Å². The lowest BCUT2D eigenvalue weighted by molar-refractivity contribution is 0.111. The molecule has 112 valence electrons. The summed E-state index contributed by atoms with van der Waals surface area (Å²) in [5, 5.41) is 10.3. The minimum absolute atomic E-state index is 0.0551. The van der Waals surface area contributed by atoms with E-state index in [4.69, 9.17) is 15.8 Å². The maximum Gasteiger partial charge on any atom is 0.297 e. The number of hydrogen-bond acceptors (Lipinski definition) is 4. The molecule has 6 heteroatoms. The SMILES string of the molecule is Cc1ccc(S(=O)(=O)OC[C@H](O)c2ccccc2Cl)cc1. The Balaban J connectivity index is 2.08. The molecule has 0 spiro atoms. The number of aliphatic hydroxyl groups excluding tert-OH is 1. The van der Waals surface area contributed by atoms with Gasteiger partial charge in [0.15, 0.2) is 0 Å². The van der Waals surface area contributed by atoms with Gasteiger partial charge in [0, 0.05) is 10.6 Å². The number of halogens is 1. The fraction of sp³-hybridized carbons (Fsp3) is 0.200. The van der Waals surface area contributed by atoms with Gasteiger partial charge in [0.25, 0.3) is 10.1 Å². The van der Waals surface area contributed by atoms with Gasteiger partial charge < -0.3 is 5.11 Å². The first-order chi connectivity index (χ1) is 9.90. The summed E-state index contributed by atoms with van der Waals surface area (Å²) < 4.78 is 28.9. The van der Waals surface area contributed by atoms with E-state index in [9.17, 15) is 13.5 Å². The van der Waals surface area contributed by atoms with Gasteiger partial charge in [0.1, 0.15) is 6.10 Å². The van der Waals surface area contributed by atoms with Gasteiger partial charge in [-0.25, -0.2) is 0 Å². The van der Waals surface area contributed by atoms with Gasteiger partial charge in [-0.05, 0) is 25.1 Å². The lowest BCUT2D eigenvalue weighted by atomic mass is 10.1. The number of benzene rings is 2. The number of aliphatic hydroxyl groups is 1. The quantitative estimate of drug-likeness (QED) is 0.858. The van der Waals surface area contributed by atoms with Crippen molar-refractivity contribution in [3.63, 3.8) is 0 Å². The summed E-state index contributed by atoms with van der Waals surface area (Å²) in [6.07, 6.45) is -1.11. The van der Waals surface area contributed by atoms with Gasteiger partial charge in [-0.15, -0.1) is 0 Å². The van der Waals surface area contributed by atoms with Crippen LogP contribution in [0.4, 0.5) is 0 Å². The Morgan fingerprint density at radius 1 is 1.14 bits per heavy atom. The van der Waals surface area contributed by atoms with Gasteiger partial charge in [0.05, 0.1) is 11.5 Å². The maximum absolute atomic E-state index is 12.0. The number of hydrogen-bond donors (Lipinski definition) is 1. The number of aryl methyl sites for hydroxylation is 1. The molecule has 0 fully saturated rings. The second kappa shape index (κ2) is 6.58. The number of rotatable bonds is 5. The first-order valence-electron chi connectivity index (χ1n) is 6.29. The molecule has 1 atom stereocenters. The molecule has 0 unspecified atom stereocenters. The summed E-state index contributed by atoms with van der Waals surface area (Å²) in [5.41, 5.74) is 1.38. The molecule has 0 aliphatic carbocycles. The van der Waals surface area contributed by atoms with Crippen molar-refractivity contribution in [1.29, 1.82) is 0 Å². The third-order valence-electron chi connectivity index (χ3n) is 2.95. The van der Waals surface area contributed by atoms with Crippen molar-refractivity contribution in [1.82, 2.24) is 0 Å². The normalized spacial score (nSPS) is 13.1. The summed E-state index contributed by atoms with van der Waals surface area (Å²) in [7, 11) is -3.90. The Labute approximate surface area is 129 Å². The van der Waals surface area contributed by atoms with Crippen LogP contribution in [0, 0.1) is 6.92 Å². The summed E-state index contributed by atoms with van der Waals surface area (Å²) in [5.74, 6) is 0. The zero-order valence-corrected chi connectivity index (χ0v) is 12.9. The summed E-state index contributed by atoms with van der Waals surface area (Å²) >= 11 is 5.94. The van der Waals surface area contributed by atoms with Crippen LogP contribution in [0.5, 0.6) is 0 Å². The minimum Gasteiger partial charge on any atom is -0.386 e. The Bertz CT molecular complexity index is 711. The molecular formula is C15H15ClO4S. The van der Waals surface area contributed by atoms with Gasteiger partial charge in [0.2, 0.25) is 0 Å². The highest BCUT2D eigenvalue weighted by molar-refractivity contribution is 7.86. The van der Waals surface area contributed by atoms with Crippen molar-refractivity contribution in [3.8, 4) is 0 Å². The molecule has 0 aromatic heterocycles. The molecule has 0 saturated heterocycles. The second-order valence-corrected chi connectivity index (χ2v) is 6.61. The van der Waals surface area contributed by atoms with E-state index in [1.54, 1.807) is 36.4 Å². The van der Waals surface area contributed by atoms with Crippen molar-refractivity contribution in [3.05, 3.63) is 64.7 Å². The van der Waals surface area contributed by atoms with Gasteiger partial charge in [-0.1, -0.05) is 47.5 Å². The molecule has 2 aromatic rings. The van der Waals surface area contributed by atoms with Crippen LogP contribution in [0.1, 0.15) is 17.2 Å². The topological polar surface area (TPSA) is 63.6 Å². The van der Waals surface area contributed by atoms with E-state index in [-0.39, 0.29) is 11.5 Å². The Morgan fingerprint density at radius 3 is 2.38 bits per heavy atom. The van der Waals surface area contributed by atoms with Crippen LogP contribution in [0.15, 0.2) is 53.4 Å². The van der Waals surface area contributed by atoms with Crippen molar-refractivity contribution in [2.45, 2.75) is 17.9 Å². The standard InChI is InChI=1S/C15H15ClO4S/c1-11-6-8-12(9-7-11)21(18,19)20-10-15(17)13-4-2-3-5-14(13)16/h2-9,15,17H,10H2,1H3/t15-/m0/s1. The average Bonchev–Trinajstić information content (AvgIpc) is 2.46. The van der Waals surface area contributed by atoms with Crippen molar-refractivity contribution >= 4 is 21.7 Å². The molecule has 1 N–H and O–H groups in total. The molecule has 0 amide bonds. The van der Waals surface area contributed by atoms with E-state index in [1.807, 2.05) is 6.92 Å². The van der Waals surface area contributed by atoms with E-state index in [2.05, 4.69) is 0 Å². The molecule has 2 rings (SSSR count). The van der Waals surface area contributed by atoms with Crippen LogP contribution in [0.25, 0.3) is 0 Å². The summed E-state index contributed by atoms with van der Waals surface area (Å²) in [4.78, 5) is 0.0551. The predicted octanol–water partition coefficient (Wildman–Crippen LogP) is 3.09. The highest BCUT2D eigenvalue weighted by Gasteiger charge is 2.19. The van der Waals surface area contributed by atoms with E-state index >= 15 is 0 Å². The Morgan fingerprint density at radius 2 is 1.76 bits per heavy atom. The van der Waals surface area contributed by atoms with Gasteiger partial charge in [-0.2, -0.15) is 8.42 Å².